The smallest absolute Gasteiger partial charge is 0.0763 e. The molecule has 0 bridgehead atoms. The molecule has 2 heteroatoms. The fourth-order valence-corrected chi connectivity index (χ4v) is 2.26. The molecular formula is C16H27NO. The predicted octanol–water partition coefficient (Wildman–Crippen LogP) is 3.71. The standard InChI is InChI=1S/C16H27NO/c1-5-12-17-16(15(7-3)18-4)14-10-8-13(6-2)9-11-14/h8-11,15-17H,5-7,12H2,1-4H3. The Morgan fingerprint density at radius 3 is 2.22 bits per heavy atom. The zero-order valence-electron chi connectivity index (χ0n) is 12.2. The highest BCUT2D eigenvalue weighted by Gasteiger charge is 2.20. The minimum Gasteiger partial charge on any atom is -0.379 e. The van der Waals surface area contributed by atoms with Gasteiger partial charge in [0.2, 0.25) is 0 Å². The van der Waals surface area contributed by atoms with Crippen LogP contribution in [0.3, 0.4) is 0 Å². The van der Waals surface area contributed by atoms with Crippen molar-refractivity contribution in [1.82, 2.24) is 5.32 Å². The molecule has 2 atom stereocenters. The van der Waals surface area contributed by atoms with E-state index in [2.05, 4.69) is 50.4 Å². The highest BCUT2D eigenvalue weighted by Crippen LogP contribution is 2.22. The van der Waals surface area contributed by atoms with Gasteiger partial charge in [-0.3, -0.25) is 0 Å². The molecule has 1 rings (SSSR count). The summed E-state index contributed by atoms with van der Waals surface area (Å²) in [4.78, 5) is 0. The molecule has 0 heterocycles. The quantitative estimate of drug-likeness (QED) is 0.758. The third-order valence-corrected chi connectivity index (χ3v) is 3.44. The van der Waals surface area contributed by atoms with Crippen molar-refractivity contribution in [1.29, 1.82) is 0 Å². The van der Waals surface area contributed by atoms with Crippen LogP contribution in [-0.4, -0.2) is 19.8 Å². The van der Waals surface area contributed by atoms with Crippen LogP contribution in [0.15, 0.2) is 24.3 Å². The first-order chi connectivity index (χ1) is 8.76. The number of benzene rings is 1. The second-order valence-corrected chi connectivity index (χ2v) is 4.71. The molecule has 0 aromatic heterocycles. The molecule has 18 heavy (non-hydrogen) atoms. The Kier molecular flexibility index (Phi) is 6.99. The molecule has 2 nitrogen and oxygen atoms in total. The van der Waals surface area contributed by atoms with Crippen molar-refractivity contribution in [2.45, 2.75) is 52.2 Å². The predicted molar refractivity (Wildman–Crippen MR) is 77.9 cm³/mol. The average Bonchev–Trinajstić information content (AvgIpc) is 2.43. The number of ether oxygens (including phenoxy) is 1. The van der Waals surface area contributed by atoms with Crippen molar-refractivity contribution < 1.29 is 4.74 Å². The van der Waals surface area contributed by atoms with Crippen molar-refractivity contribution in [3.63, 3.8) is 0 Å². The third kappa shape index (κ3) is 4.11. The summed E-state index contributed by atoms with van der Waals surface area (Å²) in [5, 5.41) is 3.60. The van der Waals surface area contributed by atoms with Gasteiger partial charge in [0.05, 0.1) is 12.1 Å². The molecule has 1 aromatic rings. The molecule has 0 saturated heterocycles. The lowest BCUT2D eigenvalue weighted by atomic mass is 9.97. The Morgan fingerprint density at radius 2 is 1.78 bits per heavy atom. The molecule has 1 N–H and O–H groups in total. The van der Waals surface area contributed by atoms with Gasteiger partial charge in [-0.1, -0.05) is 45.0 Å². The fourth-order valence-electron chi connectivity index (χ4n) is 2.26. The van der Waals surface area contributed by atoms with Gasteiger partial charge in [-0.05, 0) is 36.9 Å². The lowest BCUT2D eigenvalue weighted by molar-refractivity contribution is 0.0651. The van der Waals surface area contributed by atoms with Gasteiger partial charge in [-0.2, -0.15) is 0 Å². The normalized spacial score (nSPS) is 14.4. The Balaban J connectivity index is 2.85. The Bertz CT molecular complexity index is 316. The summed E-state index contributed by atoms with van der Waals surface area (Å²) in [5.41, 5.74) is 2.72. The number of hydrogen-bond acceptors (Lipinski definition) is 2. The number of nitrogens with one attached hydrogen (secondary N) is 1. The monoisotopic (exact) mass is 249 g/mol. The van der Waals surface area contributed by atoms with Crippen LogP contribution in [0.1, 0.15) is 50.8 Å². The Labute approximate surface area is 112 Å². The molecule has 102 valence electrons. The molecule has 0 saturated carbocycles. The van der Waals surface area contributed by atoms with Crippen molar-refractivity contribution in [3.05, 3.63) is 35.4 Å². The summed E-state index contributed by atoms with van der Waals surface area (Å²) in [6.07, 6.45) is 3.50. The number of rotatable bonds is 8. The van der Waals surface area contributed by atoms with E-state index in [4.69, 9.17) is 4.74 Å². The summed E-state index contributed by atoms with van der Waals surface area (Å²) >= 11 is 0. The SMILES string of the molecule is CCCNC(c1ccc(CC)cc1)C(CC)OC. The maximum absolute atomic E-state index is 5.61. The molecule has 2 unspecified atom stereocenters. The van der Waals surface area contributed by atoms with E-state index in [0.717, 1.165) is 25.8 Å². The van der Waals surface area contributed by atoms with Crippen LogP contribution >= 0.6 is 0 Å². The van der Waals surface area contributed by atoms with Crippen LogP contribution in [-0.2, 0) is 11.2 Å². The Hall–Kier alpha value is -0.860. The van der Waals surface area contributed by atoms with Crippen molar-refractivity contribution >= 4 is 0 Å². The maximum Gasteiger partial charge on any atom is 0.0763 e. The van der Waals surface area contributed by atoms with Crippen molar-refractivity contribution in [2.75, 3.05) is 13.7 Å². The van der Waals surface area contributed by atoms with Crippen LogP contribution in [0.4, 0.5) is 0 Å². The van der Waals surface area contributed by atoms with Gasteiger partial charge in [-0.25, -0.2) is 0 Å². The van der Waals surface area contributed by atoms with Crippen LogP contribution < -0.4 is 5.32 Å². The van der Waals surface area contributed by atoms with Crippen molar-refractivity contribution in [2.24, 2.45) is 0 Å². The van der Waals surface area contributed by atoms with Gasteiger partial charge >= 0.3 is 0 Å². The van der Waals surface area contributed by atoms with Gasteiger partial charge < -0.3 is 10.1 Å². The molecule has 0 aliphatic carbocycles. The van der Waals surface area contributed by atoms with E-state index in [-0.39, 0.29) is 6.10 Å². The topological polar surface area (TPSA) is 21.3 Å². The zero-order valence-corrected chi connectivity index (χ0v) is 12.2. The first-order valence-corrected chi connectivity index (χ1v) is 7.11. The first kappa shape index (κ1) is 15.2. The highest BCUT2D eigenvalue weighted by atomic mass is 16.5. The van der Waals surface area contributed by atoms with E-state index in [0.29, 0.717) is 6.04 Å². The van der Waals surface area contributed by atoms with E-state index in [1.54, 1.807) is 7.11 Å². The van der Waals surface area contributed by atoms with Crippen LogP contribution in [0.5, 0.6) is 0 Å². The molecule has 0 amide bonds. The number of aryl methyl sites for hydroxylation is 1. The first-order valence-electron chi connectivity index (χ1n) is 7.11. The third-order valence-electron chi connectivity index (χ3n) is 3.44. The minimum atomic E-state index is 0.240. The van der Waals surface area contributed by atoms with Crippen molar-refractivity contribution in [3.8, 4) is 0 Å². The number of hydrogen-bond donors (Lipinski definition) is 1. The molecule has 0 spiro atoms. The van der Waals surface area contributed by atoms with Gasteiger partial charge in [0, 0.05) is 7.11 Å². The Morgan fingerprint density at radius 1 is 1.11 bits per heavy atom. The molecular weight excluding hydrogens is 222 g/mol. The molecule has 0 aliphatic heterocycles. The molecule has 0 aliphatic rings. The molecule has 0 radical (unpaired) electrons. The van der Waals surface area contributed by atoms with E-state index in [9.17, 15) is 0 Å². The van der Waals surface area contributed by atoms with Gasteiger partial charge in [0.15, 0.2) is 0 Å². The summed E-state index contributed by atoms with van der Waals surface area (Å²) in [5.74, 6) is 0. The molecule has 0 fully saturated rings. The van der Waals surface area contributed by atoms with E-state index >= 15 is 0 Å². The average molecular weight is 249 g/mol. The van der Waals surface area contributed by atoms with Gasteiger partial charge in [0.25, 0.3) is 0 Å². The van der Waals surface area contributed by atoms with Gasteiger partial charge in [0.1, 0.15) is 0 Å². The second kappa shape index (κ2) is 8.28. The summed E-state index contributed by atoms with van der Waals surface area (Å²) < 4.78 is 5.61. The minimum absolute atomic E-state index is 0.240. The largest absolute Gasteiger partial charge is 0.379 e. The number of methoxy groups -OCH3 is 1. The second-order valence-electron chi connectivity index (χ2n) is 4.71. The zero-order chi connectivity index (χ0) is 13.4. The van der Waals surface area contributed by atoms with E-state index < -0.39 is 0 Å². The van der Waals surface area contributed by atoms with E-state index in [1.807, 2.05) is 0 Å². The van der Waals surface area contributed by atoms with Crippen LogP contribution in [0.25, 0.3) is 0 Å². The van der Waals surface area contributed by atoms with Crippen LogP contribution in [0.2, 0.25) is 0 Å². The van der Waals surface area contributed by atoms with Gasteiger partial charge in [-0.15, -0.1) is 0 Å². The fraction of sp³-hybridized carbons (Fsp3) is 0.625. The van der Waals surface area contributed by atoms with E-state index in [1.165, 1.54) is 11.1 Å². The highest BCUT2D eigenvalue weighted by molar-refractivity contribution is 5.25. The summed E-state index contributed by atoms with van der Waals surface area (Å²) in [6.45, 7) is 7.58. The van der Waals surface area contributed by atoms with Crippen LogP contribution in [0, 0.1) is 0 Å². The lowest BCUT2D eigenvalue weighted by Crippen LogP contribution is -2.33. The summed E-state index contributed by atoms with van der Waals surface area (Å²) in [6, 6.07) is 9.20. The lowest BCUT2D eigenvalue weighted by Gasteiger charge is -2.27. The molecule has 1 aromatic carbocycles. The maximum atomic E-state index is 5.61. The summed E-state index contributed by atoms with van der Waals surface area (Å²) in [7, 11) is 1.80.